The Bertz CT molecular complexity index is 654. The third-order valence-corrected chi connectivity index (χ3v) is 4.98. The number of ether oxygens (including phenoxy) is 1. The van der Waals surface area contributed by atoms with Gasteiger partial charge in [-0.05, 0) is 37.0 Å². The second-order valence-corrected chi connectivity index (χ2v) is 7.23. The molecule has 2 rings (SSSR count). The van der Waals surface area contributed by atoms with Crippen LogP contribution in [0.15, 0.2) is 22.7 Å². The Morgan fingerprint density at radius 3 is 2.56 bits per heavy atom. The van der Waals surface area contributed by atoms with Crippen LogP contribution in [-0.4, -0.2) is 21.4 Å². The van der Waals surface area contributed by atoms with E-state index in [0.717, 1.165) is 55.0 Å². The summed E-state index contributed by atoms with van der Waals surface area (Å²) >= 11 is 3.61. The van der Waals surface area contributed by atoms with E-state index in [9.17, 15) is 0 Å². The summed E-state index contributed by atoms with van der Waals surface area (Å²) in [5.74, 6) is 2.10. The van der Waals surface area contributed by atoms with Gasteiger partial charge in [0.25, 0.3) is 0 Å². The number of nitrogens with zero attached hydrogens (tertiary/aromatic N) is 3. The average molecular weight is 408 g/mol. The first-order valence-corrected chi connectivity index (χ1v) is 10.2. The minimum absolute atomic E-state index is 0.632. The minimum atomic E-state index is 0.632. The molecule has 4 nitrogen and oxygen atoms in total. The smallest absolute Gasteiger partial charge is 0.150 e. The number of halogens is 1. The first-order chi connectivity index (χ1) is 12.2. The van der Waals surface area contributed by atoms with E-state index in [4.69, 9.17) is 14.8 Å². The van der Waals surface area contributed by atoms with E-state index >= 15 is 0 Å². The van der Waals surface area contributed by atoms with Crippen LogP contribution < -0.4 is 0 Å². The summed E-state index contributed by atoms with van der Waals surface area (Å²) < 4.78 is 8.75. The molecule has 0 amide bonds. The lowest BCUT2D eigenvalue weighted by Crippen LogP contribution is -2.08. The maximum absolute atomic E-state index is 5.57. The van der Waals surface area contributed by atoms with Gasteiger partial charge in [0.05, 0.1) is 13.2 Å². The van der Waals surface area contributed by atoms with Gasteiger partial charge >= 0.3 is 0 Å². The van der Waals surface area contributed by atoms with Crippen LogP contribution in [0, 0.1) is 0 Å². The first-order valence-electron chi connectivity index (χ1n) is 9.45. The summed E-state index contributed by atoms with van der Waals surface area (Å²) in [6.07, 6.45) is 6.62. The first kappa shape index (κ1) is 20.1. The topological polar surface area (TPSA) is 39.9 Å². The Kier molecular flexibility index (Phi) is 8.62. The fourth-order valence-corrected chi connectivity index (χ4v) is 3.10. The van der Waals surface area contributed by atoms with Crippen LogP contribution in [0.1, 0.15) is 69.2 Å². The molecule has 2 aromatic rings. The van der Waals surface area contributed by atoms with Crippen molar-refractivity contribution in [3.8, 4) is 0 Å². The third-order valence-electron chi connectivity index (χ3n) is 4.20. The molecule has 0 spiro atoms. The van der Waals surface area contributed by atoms with Crippen LogP contribution in [0.2, 0.25) is 0 Å². The van der Waals surface area contributed by atoms with Crippen LogP contribution >= 0.6 is 15.9 Å². The van der Waals surface area contributed by atoms with Crippen molar-refractivity contribution in [3.05, 3.63) is 45.4 Å². The van der Waals surface area contributed by atoms with Gasteiger partial charge in [-0.15, -0.1) is 0 Å². The number of hydrogen-bond acceptors (Lipinski definition) is 3. The standard InChI is InChI=1S/C20H30BrN3O/c1-4-7-9-19-22-20(10-8-5-2)24(23-19)14-16-11-12-18(21)17(13-16)15-25-6-3/h11-13H,4-10,14-15H2,1-3H3. The molecule has 0 saturated heterocycles. The Hall–Kier alpha value is -1.20. The van der Waals surface area contributed by atoms with E-state index < -0.39 is 0 Å². The zero-order valence-electron chi connectivity index (χ0n) is 15.7. The highest BCUT2D eigenvalue weighted by atomic mass is 79.9. The molecule has 0 saturated carbocycles. The van der Waals surface area contributed by atoms with Crippen molar-refractivity contribution in [2.45, 2.75) is 72.4 Å². The molecule has 138 valence electrons. The van der Waals surface area contributed by atoms with Crippen molar-refractivity contribution in [3.63, 3.8) is 0 Å². The molecule has 0 radical (unpaired) electrons. The highest BCUT2D eigenvalue weighted by Crippen LogP contribution is 2.20. The van der Waals surface area contributed by atoms with Crippen molar-refractivity contribution in [2.75, 3.05) is 6.61 Å². The van der Waals surface area contributed by atoms with Gasteiger partial charge in [-0.2, -0.15) is 5.10 Å². The lowest BCUT2D eigenvalue weighted by Gasteiger charge is -2.10. The van der Waals surface area contributed by atoms with E-state index in [1.807, 2.05) is 6.92 Å². The van der Waals surface area contributed by atoms with Crippen LogP contribution in [0.25, 0.3) is 0 Å². The molecule has 0 aliphatic rings. The number of aryl methyl sites for hydroxylation is 2. The van der Waals surface area contributed by atoms with Crippen LogP contribution in [-0.2, 0) is 30.7 Å². The van der Waals surface area contributed by atoms with Gasteiger partial charge in [-0.25, -0.2) is 9.67 Å². The van der Waals surface area contributed by atoms with Crippen molar-refractivity contribution < 1.29 is 4.74 Å². The van der Waals surface area contributed by atoms with Crippen molar-refractivity contribution in [2.24, 2.45) is 0 Å². The molecule has 5 heteroatoms. The minimum Gasteiger partial charge on any atom is -0.377 e. The Morgan fingerprint density at radius 1 is 1.08 bits per heavy atom. The third kappa shape index (κ3) is 6.23. The van der Waals surface area contributed by atoms with E-state index in [2.05, 4.69) is 52.7 Å². The summed E-state index contributed by atoms with van der Waals surface area (Å²) in [5, 5.41) is 4.77. The molecule has 0 atom stereocenters. The number of hydrogen-bond donors (Lipinski definition) is 0. The maximum atomic E-state index is 5.57. The second kappa shape index (κ2) is 10.7. The lowest BCUT2D eigenvalue weighted by atomic mass is 10.1. The predicted molar refractivity (Wildman–Crippen MR) is 106 cm³/mol. The molecule has 0 N–H and O–H groups in total. The predicted octanol–water partition coefficient (Wildman–Crippen LogP) is 5.31. The zero-order chi connectivity index (χ0) is 18.1. The van der Waals surface area contributed by atoms with Crippen molar-refractivity contribution >= 4 is 15.9 Å². The maximum Gasteiger partial charge on any atom is 0.150 e. The van der Waals surface area contributed by atoms with Gasteiger partial charge in [-0.3, -0.25) is 0 Å². The van der Waals surface area contributed by atoms with Crippen molar-refractivity contribution in [1.29, 1.82) is 0 Å². The number of benzene rings is 1. The number of unbranched alkanes of at least 4 members (excludes halogenated alkanes) is 2. The Morgan fingerprint density at radius 2 is 1.84 bits per heavy atom. The van der Waals surface area contributed by atoms with Gasteiger partial charge in [0.2, 0.25) is 0 Å². The second-order valence-electron chi connectivity index (χ2n) is 6.37. The van der Waals surface area contributed by atoms with Gasteiger partial charge in [-0.1, -0.05) is 54.8 Å². The average Bonchev–Trinajstić information content (AvgIpc) is 3.00. The van der Waals surface area contributed by atoms with Gasteiger partial charge in [0.15, 0.2) is 5.82 Å². The van der Waals surface area contributed by atoms with Gasteiger partial charge < -0.3 is 4.74 Å². The van der Waals surface area contributed by atoms with E-state index in [1.165, 1.54) is 24.0 Å². The fraction of sp³-hybridized carbons (Fsp3) is 0.600. The molecule has 1 heterocycles. The molecular formula is C20H30BrN3O. The van der Waals surface area contributed by atoms with Gasteiger partial charge in [0.1, 0.15) is 5.82 Å². The molecule has 0 unspecified atom stereocenters. The molecule has 25 heavy (non-hydrogen) atoms. The van der Waals surface area contributed by atoms with Crippen LogP contribution in [0.3, 0.4) is 0 Å². The highest BCUT2D eigenvalue weighted by Gasteiger charge is 2.11. The molecule has 1 aromatic carbocycles. The van der Waals surface area contributed by atoms with E-state index in [1.54, 1.807) is 0 Å². The van der Waals surface area contributed by atoms with Crippen LogP contribution in [0.5, 0.6) is 0 Å². The number of aromatic nitrogens is 3. The van der Waals surface area contributed by atoms with Crippen LogP contribution in [0.4, 0.5) is 0 Å². The van der Waals surface area contributed by atoms with Crippen molar-refractivity contribution in [1.82, 2.24) is 14.8 Å². The lowest BCUT2D eigenvalue weighted by molar-refractivity contribution is 0.133. The summed E-state index contributed by atoms with van der Waals surface area (Å²) in [6.45, 7) is 8.56. The highest BCUT2D eigenvalue weighted by molar-refractivity contribution is 9.10. The Labute approximate surface area is 160 Å². The summed E-state index contributed by atoms with van der Waals surface area (Å²) in [5.41, 5.74) is 2.42. The quantitative estimate of drug-likeness (QED) is 0.506. The monoisotopic (exact) mass is 407 g/mol. The molecule has 1 aromatic heterocycles. The largest absolute Gasteiger partial charge is 0.377 e. The normalized spacial score (nSPS) is 11.2. The summed E-state index contributed by atoms with van der Waals surface area (Å²) in [6, 6.07) is 6.46. The molecule has 0 fully saturated rings. The summed E-state index contributed by atoms with van der Waals surface area (Å²) in [4.78, 5) is 4.79. The zero-order valence-corrected chi connectivity index (χ0v) is 17.3. The fourth-order valence-electron chi connectivity index (χ4n) is 2.74. The molecule has 0 aliphatic heterocycles. The SMILES string of the molecule is CCCCc1nc(CCCC)n(Cc2ccc(Br)c(COCC)c2)n1. The van der Waals surface area contributed by atoms with E-state index in [0.29, 0.717) is 6.61 Å². The summed E-state index contributed by atoms with van der Waals surface area (Å²) in [7, 11) is 0. The van der Waals surface area contributed by atoms with Gasteiger partial charge in [0, 0.05) is 23.9 Å². The van der Waals surface area contributed by atoms with E-state index in [-0.39, 0.29) is 0 Å². The Balaban J connectivity index is 2.18. The molecule has 0 aliphatic carbocycles. The molecule has 0 bridgehead atoms. The molecular weight excluding hydrogens is 378 g/mol. The number of rotatable bonds is 11.